The molecule has 0 fully saturated rings. The van der Waals surface area contributed by atoms with Gasteiger partial charge in [-0.15, -0.1) is 0 Å². The van der Waals surface area contributed by atoms with Crippen molar-refractivity contribution in [2.75, 3.05) is 0 Å². The number of rotatable bonds is 8. The molecule has 0 heterocycles. The Morgan fingerprint density at radius 1 is 1.37 bits per heavy atom. The molecule has 0 aliphatic rings. The minimum absolute atomic E-state index is 0.250. The summed E-state index contributed by atoms with van der Waals surface area (Å²) in [5.74, 6) is -0.959. The Kier molecular flexibility index (Phi) is 6.89. The summed E-state index contributed by atoms with van der Waals surface area (Å²) in [4.78, 5) is 10.7. The fourth-order valence-electron chi connectivity index (χ4n) is 1.89. The summed E-state index contributed by atoms with van der Waals surface area (Å²) >= 11 is 5.92. The third-order valence-electron chi connectivity index (χ3n) is 3.24. The van der Waals surface area contributed by atoms with Crippen LogP contribution in [0.3, 0.4) is 0 Å². The highest BCUT2D eigenvalue weighted by molar-refractivity contribution is 6.30. The van der Waals surface area contributed by atoms with E-state index in [4.69, 9.17) is 16.7 Å². The van der Waals surface area contributed by atoms with Crippen molar-refractivity contribution in [2.24, 2.45) is 5.92 Å². The molecule has 3 nitrogen and oxygen atoms in total. The number of halogens is 1. The van der Waals surface area contributed by atoms with E-state index in [1.165, 1.54) is 5.56 Å². The molecular weight excluding hydrogens is 262 g/mol. The normalized spacial score (nSPS) is 14.1. The van der Waals surface area contributed by atoms with Crippen molar-refractivity contribution in [3.63, 3.8) is 0 Å². The van der Waals surface area contributed by atoms with Gasteiger partial charge in [0.2, 0.25) is 0 Å². The van der Waals surface area contributed by atoms with Crippen LogP contribution in [0.15, 0.2) is 24.3 Å². The Morgan fingerprint density at radius 3 is 2.74 bits per heavy atom. The summed E-state index contributed by atoms with van der Waals surface area (Å²) in [6, 6.07) is 8.17. The Hall–Kier alpha value is -1.06. The number of nitrogens with one attached hydrogen (secondary N) is 1. The molecule has 0 aliphatic heterocycles. The fourth-order valence-corrected chi connectivity index (χ4v) is 2.11. The van der Waals surface area contributed by atoms with Gasteiger partial charge in [0.15, 0.2) is 0 Å². The van der Waals surface area contributed by atoms with Gasteiger partial charge in [-0.2, -0.15) is 0 Å². The van der Waals surface area contributed by atoms with Crippen molar-refractivity contribution in [1.29, 1.82) is 0 Å². The molecule has 0 aliphatic carbocycles. The second-order valence-corrected chi connectivity index (χ2v) is 5.52. The molecule has 4 heteroatoms. The van der Waals surface area contributed by atoms with Crippen LogP contribution < -0.4 is 5.32 Å². The predicted octanol–water partition coefficient (Wildman–Crippen LogP) is 3.71. The van der Waals surface area contributed by atoms with Crippen molar-refractivity contribution in [1.82, 2.24) is 5.32 Å². The number of carboxylic acids is 1. The molecule has 0 spiro atoms. The SMILES string of the molecule is CC(CCCC(C)C(=O)O)NCc1cccc(Cl)c1. The lowest BCUT2D eigenvalue weighted by Gasteiger charge is -2.14. The summed E-state index contributed by atoms with van der Waals surface area (Å²) in [6.45, 7) is 4.67. The van der Waals surface area contributed by atoms with Crippen molar-refractivity contribution in [2.45, 2.75) is 45.7 Å². The number of aliphatic carboxylic acids is 1. The monoisotopic (exact) mass is 283 g/mol. The highest BCUT2D eigenvalue weighted by Gasteiger charge is 2.11. The summed E-state index contributed by atoms with van der Waals surface area (Å²) in [5.41, 5.74) is 1.17. The summed E-state index contributed by atoms with van der Waals surface area (Å²) in [7, 11) is 0. The van der Waals surface area contributed by atoms with E-state index in [1.807, 2.05) is 24.3 Å². The molecule has 2 N–H and O–H groups in total. The first kappa shape index (κ1) is 16.0. The number of carboxylic acid groups (broad SMARTS) is 1. The Bertz CT molecular complexity index is 409. The molecule has 0 radical (unpaired) electrons. The molecule has 0 amide bonds. The van der Waals surface area contributed by atoms with E-state index in [0.717, 1.165) is 30.8 Å². The maximum Gasteiger partial charge on any atom is 0.306 e. The minimum Gasteiger partial charge on any atom is -0.481 e. The van der Waals surface area contributed by atoms with Gasteiger partial charge in [-0.05, 0) is 37.5 Å². The smallest absolute Gasteiger partial charge is 0.306 e. The lowest BCUT2D eigenvalue weighted by Crippen LogP contribution is -2.25. The van der Waals surface area contributed by atoms with Crippen LogP contribution in [0.4, 0.5) is 0 Å². The van der Waals surface area contributed by atoms with Crippen molar-refractivity contribution >= 4 is 17.6 Å². The van der Waals surface area contributed by atoms with Crippen molar-refractivity contribution < 1.29 is 9.90 Å². The quantitative estimate of drug-likeness (QED) is 0.765. The van der Waals surface area contributed by atoms with Gasteiger partial charge in [-0.3, -0.25) is 4.79 Å². The maximum atomic E-state index is 10.7. The molecular formula is C15H22ClNO2. The van der Waals surface area contributed by atoms with E-state index in [0.29, 0.717) is 6.04 Å². The average Bonchev–Trinajstić information content (AvgIpc) is 2.36. The molecule has 19 heavy (non-hydrogen) atoms. The Labute approximate surface area is 120 Å². The zero-order chi connectivity index (χ0) is 14.3. The van der Waals surface area contributed by atoms with Gasteiger partial charge in [0.05, 0.1) is 5.92 Å². The molecule has 0 saturated carbocycles. The number of carbonyl (C=O) groups is 1. The first-order chi connectivity index (χ1) is 8.99. The van der Waals surface area contributed by atoms with E-state index in [-0.39, 0.29) is 5.92 Å². The molecule has 1 aromatic rings. The minimum atomic E-state index is -0.709. The van der Waals surface area contributed by atoms with Gasteiger partial charge in [-0.25, -0.2) is 0 Å². The van der Waals surface area contributed by atoms with Gasteiger partial charge in [-0.1, -0.05) is 37.1 Å². The molecule has 2 atom stereocenters. The number of hydrogen-bond acceptors (Lipinski definition) is 2. The zero-order valence-corrected chi connectivity index (χ0v) is 12.3. The number of hydrogen-bond donors (Lipinski definition) is 2. The third kappa shape index (κ3) is 6.60. The first-order valence-corrected chi connectivity index (χ1v) is 7.07. The Balaban J connectivity index is 2.21. The third-order valence-corrected chi connectivity index (χ3v) is 3.47. The lowest BCUT2D eigenvalue weighted by molar-refractivity contribution is -0.141. The maximum absolute atomic E-state index is 10.7. The predicted molar refractivity (Wildman–Crippen MR) is 78.4 cm³/mol. The van der Waals surface area contributed by atoms with Crippen LogP contribution in [0, 0.1) is 5.92 Å². The van der Waals surface area contributed by atoms with Crippen LogP contribution in [-0.4, -0.2) is 17.1 Å². The van der Waals surface area contributed by atoms with Crippen LogP contribution in [0.2, 0.25) is 5.02 Å². The highest BCUT2D eigenvalue weighted by Crippen LogP contribution is 2.12. The summed E-state index contributed by atoms with van der Waals surface area (Å²) in [5, 5.41) is 13.0. The standard InChI is InChI=1S/C15H22ClNO2/c1-11(15(18)19)5-3-6-12(2)17-10-13-7-4-8-14(16)9-13/h4,7-9,11-12,17H,3,5-6,10H2,1-2H3,(H,18,19). The van der Waals surface area contributed by atoms with Crippen LogP contribution >= 0.6 is 11.6 Å². The van der Waals surface area contributed by atoms with E-state index in [2.05, 4.69) is 12.2 Å². The molecule has 0 bridgehead atoms. The fraction of sp³-hybridized carbons (Fsp3) is 0.533. The first-order valence-electron chi connectivity index (χ1n) is 6.69. The summed E-state index contributed by atoms with van der Waals surface area (Å²) in [6.07, 6.45) is 2.65. The molecule has 1 aromatic carbocycles. The van der Waals surface area contributed by atoms with Crippen molar-refractivity contribution in [3.05, 3.63) is 34.9 Å². The average molecular weight is 284 g/mol. The lowest BCUT2D eigenvalue weighted by atomic mass is 10.0. The highest BCUT2D eigenvalue weighted by atomic mass is 35.5. The summed E-state index contributed by atoms with van der Waals surface area (Å²) < 4.78 is 0. The second-order valence-electron chi connectivity index (χ2n) is 5.08. The molecule has 1 rings (SSSR count). The number of benzene rings is 1. The van der Waals surface area contributed by atoms with Gasteiger partial charge < -0.3 is 10.4 Å². The van der Waals surface area contributed by atoms with E-state index in [9.17, 15) is 4.79 Å². The molecule has 0 aromatic heterocycles. The van der Waals surface area contributed by atoms with Crippen LogP contribution in [0.25, 0.3) is 0 Å². The van der Waals surface area contributed by atoms with Crippen LogP contribution in [-0.2, 0) is 11.3 Å². The topological polar surface area (TPSA) is 49.3 Å². The van der Waals surface area contributed by atoms with Crippen molar-refractivity contribution in [3.8, 4) is 0 Å². The van der Waals surface area contributed by atoms with E-state index in [1.54, 1.807) is 6.92 Å². The molecule has 0 saturated heterocycles. The van der Waals surface area contributed by atoms with E-state index < -0.39 is 5.97 Å². The van der Waals surface area contributed by atoms with Gasteiger partial charge in [0.25, 0.3) is 0 Å². The van der Waals surface area contributed by atoms with E-state index >= 15 is 0 Å². The van der Waals surface area contributed by atoms with Gasteiger partial charge in [0, 0.05) is 17.6 Å². The van der Waals surface area contributed by atoms with Gasteiger partial charge >= 0.3 is 5.97 Å². The van der Waals surface area contributed by atoms with Gasteiger partial charge in [0.1, 0.15) is 0 Å². The zero-order valence-electron chi connectivity index (χ0n) is 11.5. The Morgan fingerprint density at radius 2 is 2.11 bits per heavy atom. The molecule has 106 valence electrons. The van der Waals surface area contributed by atoms with Crippen LogP contribution in [0.5, 0.6) is 0 Å². The van der Waals surface area contributed by atoms with Crippen LogP contribution in [0.1, 0.15) is 38.7 Å². The molecule has 2 unspecified atom stereocenters. The largest absolute Gasteiger partial charge is 0.481 e. The second kappa shape index (κ2) is 8.18.